The molecule has 0 fully saturated rings. The van der Waals surface area contributed by atoms with Crippen molar-refractivity contribution < 1.29 is 23.9 Å². The third kappa shape index (κ3) is 9.37. The Morgan fingerprint density at radius 3 is 2.18 bits per heavy atom. The maximum Gasteiger partial charge on any atom is 0.289 e. The minimum atomic E-state index is -1.13. The lowest BCUT2D eigenvalue weighted by atomic mass is 10.0. The summed E-state index contributed by atoms with van der Waals surface area (Å²) < 4.78 is 5.52. The van der Waals surface area contributed by atoms with Crippen molar-refractivity contribution in [3.05, 3.63) is 95.8 Å². The summed E-state index contributed by atoms with van der Waals surface area (Å²) in [4.78, 5) is 55.1. The van der Waals surface area contributed by atoms with Crippen LogP contribution in [0.1, 0.15) is 43.5 Å². The Balaban J connectivity index is 1.57. The molecule has 0 aliphatic heterocycles. The number of pyridine rings is 1. The maximum atomic E-state index is 13.0. The van der Waals surface area contributed by atoms with E-state index in [2.05, 4.69) is 34.8 Å². The third-order valence-electron chi connectivity index (χ3n) is 5.98. The van der Waals surface area contributed by atoms with E-state index in [-0.39, 0.29) is 19.6 Å². The van der Waals surface area contributed by atoms with Crippen LogP contribution >= 0.6 is 0 Å². The zero-order chi connectivity index (χ0) is 28.2. The summed E-state index contributed by atoms with van der Waals surface area (Å²) in [6, 6.07) is 19.6. The molecular formula is C30H34N4O5. The molecule has 0 unspecified atom stereocenters. The second-order valence-electron chi connectivity index (χ2n) is 9.42. The van der Waals surface area contributed by atoms with Gasteiger partial charge in [0.25, 0.3) is 11.8 Å². The number of aromatic nitrogens is 1. The average molecular weight is 531 g/mol. The van der Waals surface area contributed by atoms with Crippen LogP contribution in [0.25, 0.3) is 0 Å². The van der Waals surface area contributed by atoms with Crippen molar-refractivity contribution in [1.82, 2.24) is 20.9 Å². The Hall–Kier alpha value is -4.53. The summed E-state index contributed by atoms with van der Waals surface area (Å²) in [5.74, 6) is -1.81. The molecule has 2 atom stereocenters. The Morgan fingerprint density at radius 2 is 1.54 bits per heavy atom. The number of carbonyl (C=O) groups excluding carboxylic acids is 4. The molecular weight excluding hydrogens is 496 g/mol. The van der Waals surface area contributed by atoms with Crippen molar-refractivity contribution in [3.63, 3.8) is 0 Å². The minimum Gasteiger partial charge on any atom is -0.484 e. The first-order valence-electron chi connectivity index (χ1n) is 12.8. The lowest BCUT2D eigenvalue weighted by molar-refractivity contribution is -0.140. The minimum absolute atomic E-state index is 0.0735. The molecule has 0 aliphatic rings. The van der Waals surface area contributed by atoms with Gasteiger partial charge in [-0.25, -0.2) is 0 Å². The van der Waals surface area contributed by atoms with Gasteiger partial charge >= 0.3 is 0 Å². The molecule has 39 heavy (non-hydrogen) atoms. The van der Waals surface area contributed by atoms with Gasteiger partial charge < -0.3 is 20.7 Å². The number of hydrogen-bond acceptors (Lipinski definition) is 6. The molecule has 0 radical (unpaired) electrons. The molecule has 1 aromatic heterocycles. The number of nitrogens with zero attached hydrogens (tertiary/aromatic N) is 1. The van der Waals surface area contributed by atoms with E-state index >= 15 is 0 Å². The van der Waals surface area contributed by atoms with E-state index in [4.69, 9.17) is 4.74 Å². The fourth-order valence-corrected chi connectivity index (χ4v) is 3.72. The van der Waals surface area contributed by atoms with E-state index < -0.39 is 35.6 Å². The molecule has 0 saturated heterocycles. The van der Waals surface area contributed by atoms with E-state index in [1.54, 1.807) is 60.8 Å². The molecule has 0 spiro atoms. The van der Waals surface area contributed by atoms with Gasteiger partial charge in [0, 0.05) is 12.6 Å². The normalized spacial score (nSPS) is 12.2. The SMILES string of the molecule is CC(C)c1ccc(OCC(=O)N[C@H](C)C(=O)N[C@H](Cc2ccccc2)C(=O)C(=O)NCc2ccccn2)cc1. The van der Waals surface area contributed by atoms with Crippen LogP contribution in [0.2, 0.25) is 0 Å². The Labute approximate surface area is 228 Å². The fraction of sp³-hybridized carbons (Fsp3) is 0.300. The maximum absolute atomic E-state index is 13.0. The molecule has 3 rings (SSSR count). The number of nitrogens with one attached hydrogen (secondary N) is 3. The van der Waals surface area contributed by atoms with Gasteiger partial charge in [-0.3, -0.25) is 24.2 Å². The quantitative estimate of drug-likeness (QED) is 0.292. The Bertz CT molecular complexity index is 1250. The second-order valence-corrected chi connectivity index (χ2v) is 9.42. The van der Waals surface area contributed by atoms with E-state index in [0.29, 0.717) is 17.4 Å². The van der Waals surface area contributed by atoms with Crippen molar-refractivity contribution in [2.75, 3.05) is 6.61 Å². The number of ketones is 1. The first kappa shape index (κ1) is 29.0. The highest BCUT2D eigenvalue weighted by atomic mass is 16.5. The molecule has 2 aromatic carbocycles. The molecule has 9 heteroatoms. The van der Waals surface area contributed by atoms with Crippen LogP contribution < -0.4 is 20.7 Å². The summed E-state index contributed by atoms with van der Waals surface area (Å²) in [6.45, 7) is 5.46. The summed E-state index contributed by atoms with van der Waals surface area (Å²) in [5.41, 5.74) is 2.51. The Morgan fingerprint density at radius 1 is 0.846 bits per heavy atom. The monoisotopic (exact) mass is 530 g/mol. The van der Waals surface area contributed by atoms with E-state index in [1.165, 1.54) is 6.92 Å². The molecule has 0 bridgehead atoms. The number of benzene rings is 2. The number of amides is 3. The largest absolute Gasteiger partial charge is 0.484 e. The van der Waals surface area contributed by atoms with Gasteiger partial charge in [0.05, 0.1) is 12.2 Å². The van der Waals surface area contributed by atoms with Gasteiger partial charge in [0.2, 0.25) is 11.7 Å². The van der Waals surface area contributed by atoms with Crippen molar-refractivity contribution in [3.8, 4) is 5.75 Å². The summed E-state index contributed by atoms with van der Waals surface area (Å²) >= 11 is 0. The van der Waals surface area contributed by atoms with Crippen molar-refractivity contribution in [1.29, 1.82) is 0 Å². The van der Waals surface area contributed by atoms with Crippen molar-refractivity contribution >= 4 is 23.5 Å². The van der Waals surface area contributed by atoms with Crippen LogP contribution in [0.4, 0.5) is 0 Å². The summed E-state index contributed by atoms with van der Waals surface area (Å²) in [7, 11) is 0. The van der Waals surface area contributed by atoms with Gasteiger partial charge in [-0.1, -0.05) is 62.4 Å². The van der Waals surface area contributed by atoms with Crippen molar-refractivity contribution in [2.45, 2.75) is 51.7 Å². The number of rotatable bonds is 13. The molecule has 3 amide bonds. The van der Waals surface area contributed by atoms with Gasteiger partial charge in [0.15, 0.2) is 6.61 Å². The van der Waals surface area contributed by atoms with Crippen LogP contribution in [-0.4, -0.2) is 47.2 Å². The van der Waals surface area contributed by atoms with Crippen LogP contribution in [0, 0.1) is 0 Å². The smallest absolute Gasteiger partial charge is 0.289 e. The lowest BCUT2D eigenvalue weighted by Crippen LogP contribution is -2.54. The van der Waals surface area contributed by atoms with Crippen LogP contribution in [0.5, 0.6) is 5.75 Å². The summed E-state index contributed by atoms with van der Waals surface area (Å²) in [6.07, 6.45) is 1.70. The zero-order valence-electron chi connectivity index (χ0n) is 22.3. The highest BCUT2D eigenvalue weighted by molar-refractivity contribution is 6.38. The first-order chi connectivity index (χ1) is 18.7. The average Bonchev–Trinajstić information content (AvgIpc) is 2.95. The van der Waals surface area contributed by atoms with Gasteiger partial charge in [-0.2, -0.15) is 0 Å². The van der Waals surface area contributed by atoms with E-state index in [0.717, 1.165) is 11.1 Å². The molecule has 9 nitrogen and oxygen atoms in total. The van der Waals surface area contributed by atoms with Crippen LogP contribution in [0.3, 0.4) is 0 Å². The molecule has 3 aromatic rings. The third-order valence-corrected chi connectivity index (χ3v) is 5.98. The number of ether oxygens (including phenoxy) is 1. The topological polar surface area (TPSA) is 126 Å². The number of Topliss-reactive ketones (excluding diaryl/α,β-unsaturated/α-hetero) is 1. The van der Waals surface area contributed by atoms with Gasteiger partial charge in [-0.15, -0.1) is 0 Å². The second kappa shape index (κ2) is 14.4. The predicted molar refractivity (Wildman–Crippen MR) is 147 cm³/mol. The van der Waals surface area contributed by atoms with Gasteiger partial charge in [0.1, 0.15) is 17.8 Å². The standard InChI is InChI=1S/C30H34N4O5/c1-20(2)23-12-14-25(15-13-23)39-19-27(35)33-21(3)29(37)34-26(17-22-9-5-4-6-10-22)28(36)30(38)32-18-24-11-7-8-16-31-24/h4-16,20-21,26H,17-19H2,1-3H3,(H,32,38)(H,33,35)(H,34,37)/t21-,26-/m1/s1. The predicted octanol–water partition coefficient (Wildman–Crippen LogP) is 2.70. The fourth-order valence-electron chi connectivity index (χ4n) is 3.72. The van der Waals surface area contributed by atoms with Crippen LogP contribution in [0.15, 0.2) is 79.0 Å². The first-order valence-corrected chi connectivity index (χ1v) is 12.8. The number of carbonyl (C=O) groups is 4. The van der Waals surface area contributed by atoms with Gasteiger partial charge in [-0.05, 0) is 48.2 Å². The van der Waals surface area contributed by atoms with E-state index in [9.17, 15) is 19.2 Å². The lowest BCUT2D eigenvalue weighted by Gasteiger charge is -2.21. The zero-order valence-corrected chi connectivity index (χ0v) is 22.3. The molecule has 204 valence electrons. The Kier molecular flexibility index (Phi) is 10.7. The molecule has 1 heterocycles. The summed E-state index contributed by atoms with van der Waals surface area (Å²) in [5, 5.41) is 7.74. The highest BCUT2D eigenvalue weighted by Gasteiger charge is 2.29. The van der Waals surface area contributed by atoms with Crippen molar-refractivity contribution in [2.24, 2.45) is 0 Å². The molecule has 0 aliphatic carbocycles. The van der Waals surface area contributed by atoms with E-state index in [1.807, 2.05) is 18.2 Å². The molecule has 3 N–H and O–H groups in total. The molecule has 0 saturated carbocycles. The number of hydrogen-bond donors (Lipinski definition) is 3. The highest BCUT2D eigenvalue weighted by Crippen LogP contribution is 2.18. The van der Waals surface area contributed by atoms with Crippen LogP contribution in [-0.2, 0) is 32.1 Å².